The summed E-state index contributed by atoms with van der Waals surface area (Å²) in [5.74, 6) is 2.35. The minimum absolute atomic E-state index is 0.398. The van der Waals surface area contributed by atoms with Crippen molar-refractivity contribution in [3.8, 4) is 11.5 Å². The highest BCUT2D eigenvalue weighted by molar-refractivity contribution is 5.37. The average molecular weight is 270 g/mol. The standard InChI is InChI=1S/C18H22O2/c1-13(2)15-9-5-7-11-17(15)19-20-18-12-8-6-10-16(18)14(3)4/h5-14H,1-4H3. The van der Waals surface area contributed by atoms with Gasteiger partial charge in [-0.1, -0.05) is 64.1 Å². The maximum atomic E-state index is 5.58. The molecule has 2 heteroatoms. The molecule has 0 saturated carbocycles. The Morgan fingerprint density at radius 3 is 1.30 bits per heavy atom. The van der Waals surface area contributed by atoms with Crippen LogP contribution in [0.15, 0.2) is 48.5 Å². The van der Waals surface area contributed by atoms with E-state index >= 15 is 0 Å². The fraction of sp³-hybridized carbons (Fsp3) is 0.333. The summed E-state index contributed by atoms with van der Waals surface area (Å²) in [5.41, 5.74) is 2.30. The third-order valence-electron chi connectivity index (χ3n) is 3.30. The van der Waals surface area contributed by atoms with Gasteiger partial charge in [-0.25, -0.2) is 0 Å². The smallest absolute Gasteiger partial charge is 0.182 e. The number of para-hydroxylation sites is 2. The molecule has 0 atom stereocenters. The molecular formula is C18H22O2. The van der Waals surface area contributed by atoms with Gasteiger partial charge in [-0.2, -0.15) is 0 Å². The van der Waals surface area contributed by atoms with Gasteiger partial charge in [-0.05, 0) is 24.0 Å². The fourth-order valence-electron chi connectivity index (χ4n) is 2.16. The summed E-state index contributed by atoms with van der Waals surface area (Å²) in [4.78, 5) is 11.2. The van der Waals surface area contributed by atoms with Gasteiger partial charge in [0.2, 0.25) is 0 Å². The van der Waals surface area contributed by atoms with E-state index in [4.69, 9.17) is 9.78 Å². The molecule has 2 aromatic carbocycles. The zero-order valence-corrected chi connectivity index (χ0v) is 12.6. The Morgan fingerprint density at radius 1 is 0.600 bits per heavy atom. The van der Waals surface area contributed by atoms with Gasteiger partial charge < -0.3 is 0 Å². The van der Waals surface area contributed by atoms with E-state index in [1.54, 1.807) is 0 Å². The lowest BCUT2D eigenvalue weighted by Crippen LogP contribution is -2.06. The molecule has 0 amide bonds. The van der Waals surface area contributed by atoms with Crippen molar-refractivity contribution >= 4 is 0 Å². The van der Waals surface area contributed by atoms with Crippen LogP contribution in [-0.2, 0) is 0 Å². The molecule has 0 N–H and O–H groups in total. The summed E-state index contributed by atoms with van der Waals surface area (Å²) in [5, 5.41) is 0. The predicted molar refractivity (Wildman–Crippen MR) is 82.3 cm³/mol. The van der Waals surface area contributed by atoms with Gasteiger partial charge in [0.25, 0.3) is 0 Å². The molecule has 0 aliphatic rings. The van der Waals surface area contributed by atoms with Crippen LogP contribution in [0.5, 0.6) is 11.5 Å². The molecule has 0 radical (unpaired) electrons. The van der Waals surface area contributed by atoms with Crippen molar-refractivity contribution in [2.24, 2.45) is 0 Å². The SMILES string of the molecule is CC(C)c1ccccc1OOc1ccccc1C(C)C. The number of benzene rings is 2. The van der Waals surface area contributed by atoms with Crippen LogP contribution in [0.3, 0.4) is 0 Å². The first kappa shape index (κ1) is 14.4. The number of hydrogen-bond acceptors (Lipinski definition) is 2. The van der Waals surface area contributed by atoms with Crippen LogP contribution in [0.2, 0.25) is 0 Å². The lowest BCUT2D eigenvalue weighted by atomic mass is 10.0. The van der Waals surface area contributed by atoms with Crippen molar-refractivity contribution in [3.05, 3.63) is 59.7 Å². The third-order valence-corrected chi connectivity index (χ3v) is 3.30. The lowest BCUT2D eigenvalue weighted by molar-refractivity contribution is -0.102. The Balaban J connectivity index is 2.17. The van der Waals surface area contributed by atoms with Gasteiger partial charge in [0, 0.05) is 11.1 Å². The van der Waals surface area contributed by atoms with Crippen molar-refractivity contribution in [1.29, 1.82) is 0 Å². The second-order valence-corrected chi connectivity index (χ2v) is 5.55. The summed E-state index contributed by atoms with van der Waals surface area (Å²) in [6.45, 7) is 8.57. The van der Waals surface area contributed by atoms with Crippen molar-refractivity contribution < 1.29 is 9.78 Å². The molecule has 0 bridgehead atoms. The van der Waals surface area contributed by atoms with Crippen LogP contribution >= 0.6 is 0 Å². The zero-order chi connectivity index (χ0) is 14.5. The van der Waals surface area contributed by atoms with E-state index in [9.17, 15) is 0 Å². The molecule has 2 rings (SSSR count). The largest absolute Gasteiger partial charge is 0.290 e. The Bertz CT molecular complexity index is 507. The molecule has 2 aromatic rings. The minimum Gasteiger partial charge on any atom is -0.290 e. The van der Waals surface area contributed by atoms with E-state index in [0.717, 1.165) is 22.6 Å². The summed E-state index contributed by atoms with van der Waals surface area (Å²) in [6, 6.07) is 16.0. The van der Waals surface area contributed by atoms with E-state index in [1.807, 2.05) is 36.4 Å². The Kier molecular flexibility index (Phi) is 4.67. The van der Waals surface area contributed by atoms with E-state index < -0.39 is 0 Å². The maximum absolute atomic E-state index is 5.58. The molecule has 0 fully saturated rings. The molecule has 0 spiro atoms. The number of hydrogen-bond donors (Lipinski definition) is 0. The second-order valence-electron chi connectivity index (χ2n) is 5.55. The van der Waals surface area contributed by atoms with Gasteiger partial charge in [-0.3, -0.25) is 9.78 Å². The van der Waals surface area contributed by atoms with Crippen molar-refractivity contribution in [2.45, 2.75) is 39.5 Å². The Hall–Kier alpha value is -1.96. The predicted octanol–water partition coefficient (Wildman–Crippen LogP) is 5.31. The van der Waals surface area contributed by atoms with Crippen LogP contribution in [0.1, 0.15) is 50.7 Å². The topological polar surface area (TPSA) is 18.5 Å². The van der Waals surface area contributed by atoms with Gasteiger partial charge >= 0.3 is 0 Å². The third kappa shape index (κ3) is 3.32. The second kappa shape index (κ2) is 6.47. The van der Waals surface area contributed by atoms with Gasteiger partial charge in [-0.15, -0.1) is 0 Å². The molecular weight excluding hydrogens is 248 g/mol. The first-order valence-corrected chi connectivity index (χ1v) is 7.12. The van der Waals surface area contributed by atoms with E-state index in [-0.39, 0.29) is 0 Å². The van der Waals surface area contributed by atoms with E-state index in [2.05, 4.69) is 39.8 Å². The van der Waals surface area contributed by atoms with Crippen molar-refractivity contribution in [3.63, 3.8) is 0 Å². The zero-order valence-electron chi connectivity index (χ0n) is 12.6. The van der Waals surface area contributed by atoms with Crippen LogP contribution in [0.25, 0.3) is 0 Å². The highest BCUT2D eigenvalue weighted by Gasteiger charge is 2.11. The fourth-order valence-corrected chi connectivity index (χ4v) is 2.16. The Labute approximate surface area is 121 Å². The van der Waals surface area contributed by atoms with Crippen molar-refractivity contribution in [2.75, 3.05) is 0 Å². The summed E-state index contributed by atoms with van der Waals surface area (Å²) < 4.78 is 0. The van der Waals surface area contributed by atoms with Crippen molar-refractivity contribution in [1.82, 2.24) is 0 Å². The molecule has 106 valence electrons. The highest BCUT2D eigenvalue weighted by Crippen LogP contribution is 2.29. The van der Waals surface area contributed by atoms with Crippen LogP contribution in [0, 0.1) is 0 Å². The minimum atomic E-state index is 0.398. The molecule has 0 heterocycles. The van der Waals surface area contributed by atoms with E-state index in [1.165, 1.54) is 0 Å². The monoisotopic (exact) mass is 270 g/mol. The number of rotatable bonds is 5. The average Bonchev–Trinajstić information content (AvgIpc) is 2.45. The Morgan fingerprint density at radius 2 is 0.950 bits per heavy atom. The van der Waals surface area contributed by atoms with Crippen LogP contribution in [0.4, 0.5) is 0 Å². The highest BCUT2D eigenvalue weighted by atomic mass is 17.2. The normalized spacial score (nSPS) is 10.9. The molecule has 2 nitrogen and oxygen atoms in total. The molecule has 0 aromatic heterocycles. The molecule has 0 unspecified atom stereocenters. The van der Waals surface area contributed by atoms with Gasteiger partial charge in [0.15, 0.2) is 11.5 Å². The van der Waals surface area contributed by atoms with Crippen LogP contribution < -0.4 is 9.78 Å². The van der Waals surface area contributed by atoms with Crippen LogP contribution in [-0.4, -0.2) is 0 Å². The lowest BCUT2D eigenvalue weighted by Gasteiger charge is -2.15. The summed E-state index contributed by atoms with van der Waals surface area (Å²) >= 11 is 0. The maximum Gasteiger partial charge on any atom is 0.182 e. The quantitative estimate of drug-likeness (QED) is 0.541. The molecule has 0 aliphatic heterocycles. The molecule has 0 saturated heterocycles. The first-order chi connectivity index (χ1) is 9.59. The summed E-state index contributed by atoms with van der Waals surface area (Å²) in [6.07, 6.45) is 0. The first-order valence-electron chi connectivity index (χ1n) is 7.12. The van der Waals surface area contributed by atoms with Gasteiger partial charge in [0.1, 0.15) is 0 Å². The molecule has 20 heavy (non-hydrogen) atoms. The summed E-state index contributed by atoms with van der Waals surface area (Å²) in [7, 11) is 0. The molecule has 0 aliphatic carbocycles. The van der Waals surface area contributed by atoms with E-state index in [0.29, 0.717) is 11.8 Å². The van der Waals surface area contributed by atoms with Gasteiger partial charge in [0.05, 0.1) is 0 Å².